The lowest BCUT2D eigenvalue weighted by molar-refractivity contribution is -0.118. The van der Waals surface area contributed by atoms with Gasteiger partial charge >= 0.3 is 0 Å². The van der Waals surface area contributed by atoms with Gasteiger partial charge < -0.3 is 15.0 Å². The Balaban J connectivity index is 1.22. The van der Waals surface area contributed by atoms with Crippen LogP contribution in [0.15, 0.2) is 84.9 Å². The second kappa shape index (κ2) is 9.94. The van der Waals surface area contributed by atoms with Gasteiger partial charge in [0.25, 0.3) is 5.91 Å². The van der Waals surface area contributed by atoms with Gasteiger partial charge in [0.1, 0.15) is 5.75 Å². The predicted molar refractivity (Wildman–Crippen MR) is 121 cm³/mol. The number of anilines is 2. The molecule has 154 valence electrons. The van der Waals surface area contributed by atoms with E-state index in [1.807, 2.05) is 42.5 Å². The van der Waals surface area contributed by atoms with Crippen LogP contribution in [0.1, 0.15) is 5.56 Å². The minimum atomic E-state index is -0.163. The maximum atomic E-state index is 12.1. The zero-order valence-electron chi connectivity index (χ0n) is 17.0. The summed E-state index contributed by atoms with van der Waals surface area (Å²) in [4.78, 5) is 17.0. The van der Waals surface area contributed by atoms with Crippen molar-refractivity contribution in [3.8, 4) is 5.75 Å². The molecule has 5 heteroatoms. The fourth-order valence-corrected chi connectivity index (χ4v) is 3.62. The lowest BCUT2D eigenvalue weighted by Crippen LogP contribution is -2.45. The lowest BCUT2D eigenvalue weighted by atomic mass is 10.1. The number of benzene rings is 3. The van der Waals surface area contributed by atoms with Gasteiger partial charge in [0.05, 0.1) is 0 Å². The van der Waals surface area contributed by atoms with Crippen molar-refractivity contribution in [3.63, 3.8) is 0 Å². The number of hydrogen-bond donors (Lipinski definition) is 1. The van der Waals surface area contributed by atoms with E-state index in [0.29, 0.717) is 5.75 Å². The number of nitrogens with zero attached hydrogens (tertiary/aromatic N) is 2. The summed E-state index contributed by atoms with van der Waals surface area (Å²) in [6.07, 6.45) is 0. The van der Waals surface area contributed by atoms with Crippen LogP contribution < -0.4 is 15.0 Å². The summed E-state index contributed by atoms with van der Waals surface area (Å²) in [6.45, 7) is 5.10. The van der Waals surface area contributed by atoms with Crippen LogP contribution in [0.5, 0.6) is 5.75 Å². The molecule has 1 amide bonds. The van der Waals surface area contributed by atoms with E-state index < -0.39 is 0 Å². The van der Waals surface area contributed by atoms with Gasteiger partial charge in [-0.1, -0.05) is 48.5 Å². The molecule has 30 heavy (non-hydrogen) atoms. The molecule has 0 unspecified atom stereocenters. The van der Waals surface area contributed by atoms with Crippen LogP contribution in [0, 0.1) is 0 Å². The molecular formula is C25H27N3O2. The molecule has 1 heterocycles. The smallest absolute Gasteiger partial charge is 0.262 e. The Morgan fingerprint density at radius 2 is 1.43 bits per heavy atom. The van der Waals surface area contributed by atoms with Gasteiger partial charge in [-0.2, -0.15) is 0 Å². The SMILES string of the molecule is O=C(COc1ccccc1)Nc1ccc(CN2CCN(c3ccccc3)CC2)cc1. The summed E-state index contributed by atoms with van der Waals surface area (Å²) < 4.78 is 5.48. The fraction of sp³-hybridized carbons (Fsp3) is 0.240. The van der Waals surface area contributed by atoms with Gasteiger partial charge in [-0.15, -0.1) is 0 Å². The van der Waals surface area contributed by atoms with Crippen LogP contribution in [-0.2, 0) is 11.3 Å². The zero-order chi connectivity index (χ0) is 20.6. The number of para-hydroxylation sites is 2. The quantitative estimate of drug-likeness (QED) is 0.649. The van der Waals surface area contributed by atoms with Gasteiger partial charge in [-0.3, -0.25) is 9.69 Å². The molecule has 3 aromatic rings. The Morgan fingerprint density at radius 1 is 0.800 bits per heavy atom. The molecule has 0 aromatic heterocycles. The molecule has 0 aliphatic carbocycles. The normalized spacial score (nSPS) is 14.3. The van der Waals surface area contributed by atoms with E-state index in [1.54, 1.807) is 0 Å². The van der Waals surface area contributed by atoms with Gasteiger partial charge in [0, 0.05) is 44.1 Å². The lowest BCUT2D eigenvalue weighted by Gasteiger charge is -2.36. The zero-order valence-corrected chi connectivity index (χ0v) is 17.0. The molecule has 0 radical (unpaired) electrons. The highest BCUT2D eigenvalue weighted by molar-refractivity contribution is 5.91. The van der Waals surface area contributed by atoms with Gasteiger partial charge in [0.15, 0.2) is 6.61 Å². The Hall–Kier alpha value is -3.31. The Morgan fingerprint density at radius 3 is 2.10 bits per heavy atom. The Labute approximate surface area is 177 Å². The van der Waals surface area contributed by atoms with Gasteiger partial charge in [-0.05, 0) is 42.0 Å². The standard InChI is InChI=1S/C25H27N3O2/c29-25(20-30-24-9-5-2-6-10-24)26-22-13-11-21(12-14-22)19-27-15-17-28(18-16-27)23-7-3-1-4-8-23/h1-14H,15-20H2,(H,26,29). The predicted octanol–water partition coefficient (Wildman–Crippen LogP) is 4.03. The van der Waals surface area contributed by atoms with E-state index in [9.17, 15) is 4.79 Å². The molecule has 1 fully saturated rings. The first kappa shape index (κ1) is 20.0. The molecule has 0 atom stereocenters. The van der Waals surface area contributed by atoms with Crippen molar-refractivity contribution in [1.29, 1.82) is 0 Å². The van der Waals surface area contributed by atoms with Crippen molar-refractivity contribution >= 4 is 17.3 Å². The number of ether oxygens (including phenoxy) is 1. The number of carbonyl (C=O) groups is 1. The average Bonchev–Trinajstić information content (AvgIpc) is 2.81. The van der Waals surface area contributed by atoms with E-state index in [0.717, 1.165) is 38.4 Å². The largest absolute Gasteiger partial charge is 0.484 e. The van der Waals surface area contributed by atoms with Crippen molar-refractivity contribution in [3.05, 3.63) is 90.5 Å². The van der Waals surface area contributed by atoms with Gasteiger partial charge in [-0.25, -0.2) is 0 Å². The van der Waals surface area contributed by atoms with Crippen LogP contribution >= 0.6 is 0 Å². The average molecular weight is 402 g/mol. The maximum Gasteiger partial charge on any atom is 0.262 e. The molecule has 0 spiro atoms. The minimum absolute atomic E-state index is 0.00252. The summed E-state index contributed by atoms with van der Waals surface area (Å²) in [7, 11) is 0. The molecule has 1 aliphatic rings. The first-order chi connectivity index (χ1) is 14.8. The van der Waals surface area contributed by atoms with Crippen molar-refractivity contribution in [2.45, 2.75) is 6.54 Å². The number of piperazine rings is 1. The van der Waals surface area contributed by atoms with Crippen LogP contribution in [0.4, 0.5) is 11.4 Å². The monoisotopic (exact) mass is 401 g/mol. The topological polar surface area (TPSA) is 44.8 Å². The summed E-state index contributed by atoms with van der Waals surface area (Å²) in [5, 5.41) is 2.88. The first-order valence-corrected chi connectivity index (χ1v) is 10.4. The van der Waals surface area contributed by atoms with E-state index >= 15 is 0 Å². The number of rotatable bonds is 7. The Bertz CT molecular complexity index is 922. The second-order valence-electron chi connectivity index (χ2n) is 7.45. The molecule has 5 nitrogen and oxygen atoms in total. The molecule has 3 aromatic carbocycles. The molecule has 0 saturated carbocycles. The van der Waals surface area contributed by atoms with Crippen molar-refractivity contribution < 1.29 is 9.53 Å². The molecule has 0 bridgehead atoms. The highest BCUT2D eigenvalue weighted by Crippen LogP contribution is 2.18. The van der Waals surface area contributed by atoms with E-state index in [-0.39, 0.29) is 12.5 Å². The summed E-state index contributed by atoms with van der Waals surface area (Å²) >= 11 is 0. The van der Waals surface area contributed by atoms with Crippen LogP contribution in [0.3, 0.4) is 0 Å². The number of amides is 1. The fourth-order valence-electron chi connectivity index (χ4n) is 3.62. The van der Waals surface area contributed by atoms with Crippen molar-refractivity contribution in [1.82, 2.24) is 4.90 Å². The van der Waals surface area contributed by atoms with E-state index in [1.165, 1.54) is 11.3 Å². The number of nitrogens with one attached hydrogen (secondary N) is 1. The highest BCUT2D eigenvalue weighted by atomic mass is 16.5. The summed E-state index contributed by atoms with van der Waals surface area (Å²) in [6, 6.07) is 28.0. The van der Waals surface area contributed by atoms with Crippen LogP contribution in [-0.4, -0.2) is 43.6 Å². The van der Waals surface area contributed by atoms with E-state index in [4.69, 9.17) is 4.74 Å². The van der Waals surface area contributed by atoms with E-state index in [2.05, 4.69) is 57.6 Å². The third-order valence-corrected chi connectivity index (χ3v) is 5.25. The first-order valence-electron chi connectivity index (χ1n) is 10.4. The summed E-state index contributed by atoms with van der Waals surface area (Å²) in [5.41, 5.74) is 3.34. The molecule has 1 saturated heterocycles. The third kappa shape index (κ3) is 5.61. The molecular weight excluding hydrogens is 374 g/mol. The maximum absolute atomic E-state index is 12.1. The Kier molecular flexibility index (Phi) is 6.62. The van der Waals surface area contributed by atoms with Gasteiger partial charge in [0.2, 0.25) is 0 Å². The molecule has 4 rings (SSSR count). The highest BCUT2D eigenvalue weighted by Gasteiger charge is 2.17. The van der Waals surface area contributed by atoms with Crippen LogP contribution in [0.25, 0.3) is 0 Å². The third-order valence-electron chi connectivity index (χ3n) is 5.25. The number of hydrogen-bond acceptors (Lipinski definition) is 4. The second-order valence-corrected chi connectivity index (χ2v) is 7.45. The molecule has 1 aliphatic heterocycles. The molecule has 1 N–H and O–H groups in total. The summed E-state index contributed by atoms with van der Waals surface area (Å²) in [5.74, 6) is 0.527. The van der Waals surface area contributed by atoms with Crippen molar-refractivity contribution in [2.24, 2.45) is 0 Å². The van der Waals surface area contributed by atoms with Crippen LogP contribution in [0.2, 0.25) is 0 Å². The number of carbonyl (C=O) groups excluding carboxylic acids is 1. The van der Waals surface area contributed by atoms with Crippen molar-refractivity contribution in [2.75, 3.05) is 43.0 Å². The minimum Gasteiger partial charge on any atom is -0.484 e.